The Bertz CT molecular complexity index is 528. The molecule has 1 aliphatic heterocycles. The van der Waals surface area contributed by atoms with Crippen molar-refractivity contribution < 1.29 is 18.0 Å². The molecule has 1 N–H and O–H groups in total. The normalized spacial score (nSPS) is 18.9. The van der Waals surface area contributed by atoms with Crippen LogP contribution < -0.4 is 5.32 Å². The first-order valence-electron chi connectivity index (χ1n) is 7.08. The molecular formula is C15H19F3N2O. The van der Waals surface area contributed by atoms with Crippen LogP contribution in [0.25, 0.3) is 0 Å². The van der Waals surface area contributed by atoms with Crippen LogP contribution in [0.4, 0.5) is 18.9 Å². The topological polar surface area (TPSA) is 32.3 Å². The van der Waals surface area contributed by atoms with Gasteiger partial charge in [0.1, 0.15) is 0 Å². The Morgan fingerprint density at radius 1 is 1.43 bits per heavy atom. The largest absolute Gasteiger partial charge is 0.418 e. The van der Waals surface area contributed by atoms with E-state index in [-0.39, 0.29) is 23.2 Å². The highest BCUT2D eigenvalue weighted by Crippen LogP contribution is 2.36. The fraction of sp³-hybridized carbons (Fsp3) is 0.533. The highest BCUT2D eigenvalue weighted by atomic mass is 19.4. The van der Waals surface area contributed by atoms with Crippen LogP contribution in [0.1, 0.15) is 42.1 Å². The van der Waals surface area contributed by atoms with Crippen LogP contribution in [0.2, 0.25) is 0 Å². The van der Waals surface area contributed by atoms with Gasteiger partial charge >= 0.3 is 6.18 Å². The van der Waals surface area contributed by atoms with E-state index < -0.39 is 11.7 Å². The third kappa shape index (κ3) is 3.14. The Hall–Kier alpha value is -1.72. The number of anilines is 1. The summed E-state index contributed by atoms with van der Waals surface area (Å²) in [5, 5.41) is 2.51. The highest BCUT2D eigenvalue weighted by Gasteiger charge is 2.35. The molecule has 1 atom stereocenters. The number of halogens is 3. The van der Waals surface area contributed by atoms with Crippen molar-refractivity contribution in [1.29, 1.82) is 0 Å². The lowest BCUT2D eigenvalue weighted by molar-refractivity contribution is -0.136. The lowest BCUT2D eigenvalue weighted by Crippen LogP contribution is -2.35. The van der Waals surface area contributed by atoms with E-state index >= 15 is 0 Å². The average molecular weight is 300 g/mol. The van der Waals surface area contributed by atoms with Crippen LogP contribution in [0.3, 0.4) is 0 Å². The number of carbonyl (C=O) groups excluding carboxylic acids is 1. The first-order valence-corrected chi connectivity index (χ1v) is 7.08. The first kappa shape index (κ1) is 15.7. The molecule has 0 spiro atoms. The quantitative estimate of drug-likeness (QED) is 0.921. The van der Waals surface area contributed by atoms with Crippen LogP contribution in [-0.4, -0.2) is 30.4 Å². The van der Waals surface area contributed by atoms with Crippen LogP contribution >= 0.6 is 0 Å². The van der Waals surface area contributed by atoms with Crippen molar-refractivity contribution >= 4 is 11.6 Å². The number of alkyl halides is 3. The van der Waals surface area contributed by atoms with E-state index in [1.165, 1.54) is 19.2 Å². The molecule has 0 aliphatic carbocycles. The zero-order chi connectivity index (χ0) is 15.6. The van der Waals surface area contributed by atoms with Crippen LogP contribution in [-0.2, 0) is 6.18 Å². The summed E-state index contributed by atoms with van der Waals surface area (Å²) in [7, 11) is 1.43. The van der Waals surface area contributed by atoms with E-state index in [0.717, 1.165) is 25.3 Å². The molecule has 1 unspecified atom stereocenters. The van der Waals surface area contributed by atoms with Crippen molar-refractivity contribution in [2.24, 2.45) is 0 Å². The number of hydrogen-bond acceptors (Lipinski definition) is 2. The number of amides is 1. The summed E-state index contributed by atoms with van der Waals surface area (Å²) < 4.78 is 39.1. The van der Waals surface area contributed by atoms with Gasteiger partial charge in [-0.3, -0.25) is 4.79 Å². The predicted molar refractivity (Wildman–Crippen MR) is 75.3 cm³/mol. The smallest absolute Gasteiger partial charge is 0.388 e. The zero-order valence-corrected chi connectivity index (χ0v) is 12.1. The lowest BCUT2D eigenvalue weighted by atomic mass is 10.1. The minimum absolute atomic E-state index is 0.0208. The second kappa shape index (κ2) is 5.95. The third-order valence-corrected chi connectivity index (χ3v) is 3.95. The molecular weight excluding hydrogens is 281 g/mol. The van der Waals surface area contributed by atoms with E-state index in [1.807, 2.05) is 6.92 Å². The Balaban J connectivity index is 2.34. The molecule has 6 heteroatoms. The van der Waals surface area contributed by atoms with Crippen molar-refractivity contribution in [3.63, 3.8) is 0 Å². The molecule has 3 nitrogen and oxygen atoms in total. The fourth-order valence-corrected chi connectivity index (χ4v) is 2.82. The zero-order valence-electron chi connectivity index (χ0n) is 12.1. The van der Waals surface area contributed by atoms with Gasteiger partial charge in [0.25, 0.3) is 5.91 Å². The van der Waals surface area contributed by atoms with Gasteiger partial charge < -0.3 is 10.2 Å². The lowest BCUT2D eigenvalue weighted by Gasteiger charge is -2.24. The standard InChI is InChI=1S/C15H19F3N2O/c1-3-11-5-4-8-20(11)14(21)10-6-7-13(19-2)12(9-10)15(16,17)18/h6-7,9,11,19H,3-5,8H2,1-2H3. The Morgan fingerprint density at radius 3 is 2.71 bits per heavy atom. The Morgan fingerprint density at radius 2 is 2.14 bits per heavy atom. The maximum atomic E-state index is 13.0. The maximum absolute atomic E-state index is 13.0. The van der Waals surface area contributed by atoms with Crippen molar-refractivity contribution in [1.82, 2.24) is 4.90 Å². The monoisotopic (exact) mass is 300 g/mol. The van der Waals surface area contributed by atoms with Gasteiger partial charge in [0, 0.05) is 30.9 Å². The molecule has 1 heterocycles. The number of hydrogen-bond donors (Lipinski definition) is 1. The van der Waals surface area contributed by atoms with Crippen molar-refractivity contribution in [2.75, 3.05) is 18.9 Å². The van der Waals surface area contributed by atoms with Crippen molar-refractivity contribution in [2.45, 2.75) is 38.4 Å². The summed E-state index contributed by atoms with van der Waals surface area (Å²) in [5.74, 6) is -0.312. The molecule has 1 aromatic rings. The molecule has 0 saturated carbocycles. The second-order valence-electron chi connectivity index (χ2n) is 5.21. The van der Waals surface area contributed by atoms with E-state index in [0.29, 0.717) is 6.54 Å². The van der Waals surface area contributed by atoms with Gasteiger partial charge in [-0.15, -0.1) is 0 Å². The summed E-state index contributed by atoms with van der Waals surface area (Å²) >= 11 is 0. The van der Waals surface area contributed by atoms with Crippen LogP contribution in [0, 0.1) is 0 Å². The molecule has 1 amide bonds. The second-order valence-corrected chi connectivity index (χ2v) is 5.21. The van der Waals surface area contributed by atoms with Gasteiger partial charge in [0.2, 0.25) is 0 Å². The minimum Gasteiger partial charge on any atom is -0.388 e. The maximum Gasteiger partial charge on any atom is 0.418 e. The Labute approximate surface area is 122 Å². The molecule has 0 aromatic heterocycles. The van der Waals surface area contributed by atoms with Crippen molar-refractivity contribution in [3.8, 4) is 0 Å². The van der Waals surface area contributed by atoms with Gasteiger partial charge in [-0.2, -0.15) is 13.2 Å². The van der Waals surface area contributed by atoms with Crippen LogP contribution in [0.15, 0.2) is 18.2 Å². The van der Waals surface area contributed by atoms with Gasteiger partial charge in [-0.1, -0.05) is 6.92 Å². The third-order valence-electron chi connectivity index (χ3n) is 3.95. The number of likely N-dealkylation sites (tertiary alicyclic amines) is 1. The summed E-state index contributed by atoms with van der Waals surface area (Å²) in [6, 6.07) is 3.84. The highest BCUT2D eigenvalue weighted by molar-refractivity contribution is 5.95. The van der Waals surface area contributed by atoms with Gasteiger partial charge in [0.05, 0.1) is 5.56 Å². The fourth-order valence-electron chi connectivity index (χ4n) is 2.82. The van der Waals surface area contributed by atoms with Gasteiger partial charge in [-0.25, -0.2) is 0 Å². The van der Waals surface area contributed by atoms with E-state index in [1.54, 1.807) is 4.90 Å². The first-order chi connectivity index (χ1) is 9.88. The predicted octanol–water partition coefficient (Wildman–Crippen LogP) is 3.76. The summed E-state index contributed by atoms with van der Waals surface area (Å²) in [5.41, 5.74) is -0.725. The molecule has 0 radical (unpaired) electrons. The molecule has 1 fully saturated rings. The average Bonchev–Trinajstić information content (AvgIpc) is 2.93. The van der Waals surface area contributed by atoms with Crippen LogP contribution in [0.5, 0.6) is 0 Å². The number of carbonyl (C=O) groups is 1. The number of nitrogens with zero attached hydrogens (tertiary/aromatic N) is 1. The molecule has 2 rings (SSSR count). The minimum atomic E-state index is -4.48. The summed E-state index contributed by atoms with van der Waals surface area (Å²) in [6.07, 6.45) is -1.83. The molecule has 1 aliphatic rings. The molecule has 1 aromatic carbocycles. The van der Waals surface area contributed by atoms with E-state index in [2.05, 4.69) is 5.32 Å². The summed E-state index contributed by atoms with van der Waals surface area (Å²) in [4.78, 5) is 14.1. The van der Waals surface area contributed by atoms with E-state index in [4.69, 9.17) is 0 Å². The molecule has 0 bridgehead atoms. The Kier molecular flexibility index (Phi) is 4.44. The molecule has 1 saturated heterocycles. The number of rotatable bonds is 3. The SMILES string of the molecule is CCC1CCCN1C(=O)c1ccc(NC)c(C(F)(F)F)c1. The number of benzene rings is 1. The molecule has 116 valence electrons. The molecule has 21 heavy (non-hydrogen) atoms. The van der Waals surface area contributed by atoms with Gasteiger partial charge in [0.15, 0.2) is 0 Å². The number of nitrogens with one attached hydrogen (secondary N) is 1. The summed E-state index contributed by atoms with van der Waals surface area (Å²) in [6.45, 7) is 2.61. The van der Waals surface area contributed by atoms with E-state index in [9.17, 15) is 18.0 Å². The van der Waals surface area contributed by atoms with Crippen molar-refractivity contribution in [3.05, 3.63) is 29.3 Å². The van der Waals surface area contributed by atoms with Gasteiger partial charge in [-0.05, 0) is 37.5 Å².